The Morgan fingerprint density at radius 2 is 1.68 bits per heavy atom. The minimum Gasteiger partial charge on any atom is -0.507 e. The van der Waals surface area contributed by atoms with Crippen LogP contribution in [0.3, 0.4) is 0 Å². The van der Waals surface area contributed by atoms with Crippen molar-refractivity contribution in [2.24, 2.45) is 0 Å². The van der Waals surface area contributed by atoms with Crippen molar-refractivity contribution in [3.8, 4) is 5.75 Å². The zero-order chi connectivity index (χ0) is 26.5. The van der Waals surface area contributed by atoms with Gasteiger partial charge in [0.05, 0.1) is 7.11 Å². The Kier molecular flexibility index (Phi) is 19.6. The average molecular weight is 476 g/mol. The van der Waals surface area contributed by atoms with Crippen molar-refractivity contribution in [3.05, 3.63) is 75.5 Å². The van der Waals surface area contributed by atoms with E-state index in [0.717, 1.165) is 12.8 Å². The molecule has 0 saturated carbocycles. The largest absolute Gasteiger partial charge is 0.507 e. The predicted octanol–water partition coefficient (Wildman–Crippen LogP) is 5.67. The highest BCUT2D eigenvalue weighted by molar-refractivity contribution is 5.97. The Bertz CT molecular complexity index is 879. The third-order valence-corrected chi connectivity index (χ3v) is 4.40. The summed E-state index contributed by atoms with van der Waals surface area (Å²) in [5, 5.41) is 12.7. The number of aromatic hydroxyl groups is 1. The topological polar surface area (TPSA) is 106 Å². The quantitative estimate of drug-likeness (QED) is 0.374. The van der Waals surface area contributed by atoms with E-state index in [1.54, 1.807) is 6.92 Å². The summed E-state index contributed by atoms with van der Waals surface area (Å²) >= 11 is 0. The molecule has 2 N–H and O–H groups in total. The fraction of sp³-hybridized carbons (Fsp3) is 0.444. The van der Waals surface area contributed by atoms with Crippen molar-refractivity contribution in [2.45, 2.75) is 66.7 Å². The number of hydrogen-bond acceptors (Lipinski definition) is 7. The van der Waals surface area contributed by atoms with E-state index in [2.05, 4.69) is 48.2 Å². The molecule has 0 aliphatic carbocycles. The Hall–Kier alpha value is -3.35. The summed E-state index contributed by atoms with van der Waals surface area (Å²) in [5.41, 5.74) is 1.65. The third-order valence-electron chi connectivity index (χ3n) is 4.40. The van der Waals surface area contributed by atoms with Gasteiger partial charge in [0.2, 0.25) is 0 Å². The van der Waals surface area contributed by atoms with Crippen LogP contribution >= 0.6 is 0 Å². The highest BCUT2D eigenvalue weighted by Gasteiger charge is 2.19. The summed E-state index contributed by atoms with van der Waals surface area (Å²) in [4.78, 5) is 32.3. The molecule has 1 heterocycles. The van der Waals surface area contributed by atoms with Crippen LogP contribution in [0.2, 0.25) is 0 Å². The van der Waals surface area contributed by atoms with Gasteiger partial charge < -0.3 is 19.6 Å². The molecule has 0 aliphatic rings. The standard InChI is InChI=1S/C15H21NO4.C8H10.C2H4O2.C2H6/c1-4-11(17)14-12(18)9-13(20-15(14)19)10(2)7-5-6-8-16-3;1-7-3-5-8(2)6-4-7;1-4-2-3;1-2/h6,8-10,16,18H,4-5,7H2,1-3H3;3-6H,1-2H3;2H,1H3;1-2H3/b8-6+;;;. The lowest BCUT2D eigenvalue weighted by Gasteiger charge is -2.10. The van der Waals surface area contributed by atoms with Crippen LogP contribution in [0, 0.1) is 13.8 Å². The van der Waals surface area contributed by atoms with Gasteiger partial charge in [0, 0.05) is 25.5 Å². The van der Waals surface area contributed by atoms with E-state index in [1.165, 1.54) is 24.3 Å². The summed E-state index contributed by atoms with van der Waals surface area (Å²) in [6.45, 7) is 12.1. The van der Waals surface area contributed by atoms with Crippen LogP contribution in [0.1, 0.15) is 80.1 Å². The lowest BCUT2D eigenvalue weighted by atomic mass is 10.0. The predicted molar refractivity (Wildman–Crippen MR) is 137 cm³/mol. The van der Waals surface area contributed by atoms with E-state index in [1.807, 2.05) is 40.1 Å². The van der Waals surface area contributed by atoms with Crippen LogP contribution in [0.4, 0.5) is 0 Å². The smallest absolute Gasteiger partial charge is 0.350 e. The first-order chi connectivity index (χ1) is 16.2. The lowest BCUT2D eigenvalue weighted by molar-refractivity contribution is -0.126. The lowest BCUT2D eigenvalue weighted by Crippen LogP contribution is -2.15. The van der Waals surface area contributed by atoms with Gasteiger partial charge in [-0.25, -0.2) is 4.79 Å². The molecule has 7 heteroatoms. The molecule has 1 unspecified atom stereocenters. The second kappa shape index (κ2) is 20.3. The number of carbonyl (C=O) groups excluding carboxylic acids is 2. The number of benzene rings is 1. The number of Topliss-reactive ketones (excluding diaryl/α,β-unsaturated/α-hetero) is 1. The van der Waals surface area contributed by atoms with Crippen LogP contribution < -0.4 is 10.9 Å². The Morgan fingerprint density at radius 1 is 1.18 bits per heavy atom. The molecule has 1 aromatic heterocycles. The van der Waals surface area contributed by atoms with Crippen molar-refractivity contribution in [1.82, 2.24) is 5.32 Å². The van der Waals surface area contributed by atoms with Crippen LogP contribution in [0.5, 0.6) is 5.75 Å². The zero-order valence-corrected chi connectivity index (χ0v) is 21.8. The van der Waals surface area contributed by atoms with Crippen LogP contribution in [-0.4, -0.2) is 31.5 Å². The van der Waals surface area contributed by atoms with Crippen LogP contribution in [0.15, 0.2) is 51.8 Å². The third kappa shape index (κ3) is 13.9. The molecule has 0 amide bonds. The van der Waals surface area contributed by atoms with Gasteiger partial charge in [0.25, 0.3) is 6.47 Å². The van der Waals surface area contributed by atoms with Gasteiger partial charge in [-0.05, 0) is 32.9 Å². The molecule has 0 saturated heterocycles. The number of methoxy groups -OCH3 is 1. The molecule has 0 bridgehead atoms. The number of allylic oxidation sites excluding steroid dienone is 1. The molecule has 0 radical (unpaired) electrons. The molecule has 34 heavy (non-hydrogen) atoms. The Morgan fingerprint density at radius 3 is 2.06 bits per heavy atom. The first-order valence-electron chi connectivity index (χ1n) is 11.4. The van der Waals surface area contributed by atoms with E-state index in [-0.39, 0.29) is 23.7 Å². The minimum atomic E-state index is -0.760. The SMILES string of the molecule is CC.CCC(=O)c1c(O)cc(C(C)CC/C=C/NC)oc1=O.COC=O.Cc1ccc(C)cc1. The first-order valence-corrected chi connectivity index (χ1v) is 11.4. The average Bonchev–Trinajstić information content (AvgIpc) is 2.84. The van der Waals surface area contributed by atoms with Crippen molar-refractivity contribution >= 4 is 12.3 Å². The number of aryl methyl sites for hydroxylation is 2. The van der Waals surface area contributed by atoms with Gasteiger partial charge in [-0.1, -0.05) is 69.2 Å². The maximum absolute atomic E-state index is 11.8. The van der Waals surface area contributed by atoms with E-state index >= 15 is 0 Å². The molecule has 1 aromatic carbocycles. The van der Waals surface area contributed by atoms with Crippen LogP contribution in [0.25, 0.3) is 0 Å². The van der Waals surface area contributed by atoms with Crippen molar-refractivity contribution in [2.75, 3.05) is 14.2 Å². The summed E-state index contributed by atoms with van der Waals surface area (Å²) < 4.78 is 9.02. The first kappa shape index (κ1) is 32.8. The summed E-state index contributed by atoms with van der Waals surface area (Å²) in [6.07, 6.45) is 5.57. The zero-order valence-electron chi connectivity index (χ0n) is 21.8. The Labute approximate surface area is 203 Å². The fourth-order valence-corrected chi connectivity index (χ4v) is 2.50. The number of nitrogens with one attached hydrogen (secondary N) is 1. The van der Waals surface area contributed by atoms with Gasteiger partial charge in [0.15, 0.2) is 5.78 Å². The van der Waals surface area contributed by atoms with Crippen molar-refractivity contribution in [1.29, 1.82) is 0 Å². The number of ketones is 1. The molecular weight excluding hydrogens is 434 g/mol. The highest BCUT2D eigenvalue weighted by Crippen LogP contribution is 2.25. The summed E-state index contributed by atoms with van der Waals surface area (Å²) in [6, 6.07) is 9.85. The monoisotopic (exact) mass is 475 g/mol. The molecule has 1 atom stereocenters. The molecule has 0 fully saturated rings. The number of ether oxygens (including phenoxy) is 1. The molecule has 190 valence electrons. The van der Waals surface area contributed by atoms with E-state index < -0.39 is 11.4 Å². The van der Waals surface area contributed by atoms with Crippen LogP contribution in [-0.2, 0) is 9.53 Å². The van der Waals surface area contributed by atoms with E-state index in [4.69, 9.17) is 9.21 Å². The minimum absolute atomic E-state index is 0.0131. The van der Waals surface area contributed by atoms with E-state index in [9.17, 15) is 14.7 Å². The number of hydrogen-bond donors (Lipinski definition) is 2. The Balaban J connectivity index is 0. The molecular formula is C27H41NO6. The second-order valence-corrected chi connectivity index (χ2v) is 7.13. The normalized spacial score (nSPS) is 10.4. The second-order valence-electron chi connectivity index (χ2n) is 7.13. The van der Waals surface area contributed by atoms with Gasteiger partial charge in [-0.15, -0.1) is 0 Å². The highest BCUT2D eigenvalue weighted by atomic mass is 16.5. The number of rotatable bonds is 8. The maximum Gasteiger partial charge on any atom is 0.350 e. The number of carbonyl (C=O) groups is 2. The molecule has 2 rings (SSSR count). The van der Waals surface area contributed by atoms with E-state index in [0.29, 0.717) is 12.2 Å². The summed E-state index contributed by atoms with van der Waals surface area (Å²) in [7, 11) is 3.13. The molecule has 0 spiro atoms. The molecule has 2 aromatic rings. The van der Waals surface area contributed by atoms with Crippen molar-refractivity contribution in [3.63, 3.8) is 0 Å². The van der Waals surface area contributed by atoms with Gasteiger partial charge in [-0.2, -0.15) is 0 Å². The fourth-order valence-electron chi connectivity index (χ4n) is 2.50. The molecule has 7 nitrogen and oxygen atoms in total. The summed E-state index contributed by atoms with van der Waals surface area (Å²) in [5.74, 6) is -0.313. The van der Waals surface area contributed by atoms with Gasteiger partial charge >= 0.3 is 5.63 Å². The molecule has 0 aliphatic heterocycles. The van der Waals surface area contributed by atoms with Crippen molar-refractivity contribution < 1.29 is 23.8 Å². The van der Waals surface area contributed by atoms with Gasteiger partial charge in [-0.3, -0.25) is 9.59 Å². The van der Waals surface area contributed by atoms with Gasteiger partial charge in [0.1, 0.15) is 17.1 Å². The maximum atomic E-state index is 11.8.